The Morgan fingerprint density at radius 2 is 2.00 bits per heavy atom. The van der Waals surface area contributed by atoms with Crippen molar-refractivity contribution in [3.8, 4) is 0 Å². The summed E-state index contributed by atoms with van der Waals surface area (Å²) in [5, 5.41) is 13.0. The lowest BCUT2D eigenvalue weighted by atomic mass is 9.83. The van der Waals surface area contributed by atoms with E-state index in [2.05, 4.69) is 12.2 Å². The maximum atomic E-state index is 9.49. The summed E-state index contributed by atoms with van der Waals surface area (Å²) in [5.74, 6) is 0.841. The lowest BCUT2D eigenvalue weighted by Crippen LogP contribution is -2.41. The molecule has 84 valence electrons. The van der Waals surface area contributed by atoms with Gasteiger partial charge < -0.3 is 10.4 Å². The van der Waals surface area contributed by atoms with Crippen LogP contribution >= 0.6 is 0 Å². The molecule has 0 saturated heterocycles. The van der Waals surface area contributed by atoms with Gasteiger partial charge in [-0.25, -0.2) is 0 Å². The minimum Gasteiger partial charge on any atom is -0.392 e. The van der Waals surface area contributed by atoms with Crippen molar-refractivity contribution in [3.05, 3.63) is 0 Å². The van der Waals surface area contributed by atoms with Crippen molar-refractivity contribution < 1.29 is 5.11 Å². The molecule has 3 atom stereocenters. The number of nitrogens with one attached hydrogen (secondary N) is 1. The van der Waals surface area contributed by atoms with E-state index in [0.29, 0.717) is 6.04 Å². The topological polar surface area (TPSA) is 32.3 Å². The molecular weight excluding hydrogens is 174 g/mol. The molecular formula is C12H25NO. The molecule has 2 heteroatoms. The van der Waals surface area contributed by atoms with Crippen LogP contribution in [-0.4, -0.2) is 23.8 Å². The van der Waals surface area contributed by atoms with Gasteiger partial charge in [0.2, 0.25) is 0 Å². The van der Waals surface area contributed by atoms with Crippen molar-refractivity contribution in [2.75, 3.05) is 6.54 Å². The van der Waals surface area contributed by atoms with Crippen LogP contribution in [-0.2, 0) is 0 Å². The Morgan fingerprint density at radius 3 is 2.64 bits per heavy atom. The normalized spacial score (nSPS) is 30.2. The zero-order valence-electron chi connectivity index (χ0n) is 9.63. The average Bonchev–Trinajstić information content (AvgIpc) is 2.26. The molecule has 0 bridgehead atoms. The van der Waals surface area contributed by atoms with Gasteiger partial charge >= 0.3 is 0 Å². The van der Waals surface area contributed by atoms with Gasteiger partial charge in [0.05, 0.1) is 6.10 Å². The first-order valence-corrected chi connectivity index (χ1v) is 6.19. The Hall–Kier alpha value is -0.0800. The summed E-state index contributed by atoms with van der Waals surface area (Å²) in [6.07, 6.45) is 7.40. The maximum Gasteiger partial charge on any atom is 0.0662 e. The van der Waals surface area contributed by atoms with Crippen LogP contribution in [0.5, 0.6) is 0 Å². The van der Waals surface area contributed by atoms with E-state index in [9.17, 15) is 5.11 Å². The van der Waals surface area contributed by atoms with Crippen molar-refractivity contribution in [1.29, 1.82) is 0 Å². The molecule has 0 radical (unpaired) electrons. The quantitative estimate of drug-likeness (QED) is 0.712. The van der Waals surface area contributed by atoms with Crippen LogP contribution in [0.3, 0.4) is 0 Å². The third kappa shape index (κ3) is 3.58. The zero-order valence-corrected chi connectivity index (χ0v) is 9.63. The first-order chi connectivity index (χ1) is 6.77. The van der Waals surface area contributed by atoms with Gasteiger partial charge in [-0.15, -0.1) is 0 Å². The van der Waals surface area contributed by atoms with Gasteiger partial charge in [0.15, 0.2) is 0 Å². The molecule has 1 fully saturated rings. The molecule has 0 heterocycles. The molecule has 0 amide bonds. The Morgan fingerprint density at radius 1 is 1.29 bits per heavy atom. The molecule has 2 nitrogen and oxygen atoms in total. The van der Waals surface area contributed by atoms with Crippen LogP contribution in [0, 0.1) is 5.92 Å². The standard InChI is InChI=1S/C12H25NO/c1-3-10-7-5-6-8-12(10)13-9-11(14)4-2/h10-14H,3-9H2,1-2H3. The van der Waals surface area contributed by atoms with E-state index in [4.69, 9.17) is 0 Å². The third-order valence-corrected chi connectivity index (χ3v) is 3.52. The fourth-order valence-corrected chi connectivity index (χ4v) is 2.40. The van der Waals surface area contributed by atoms with E-state index in [1.54, 1.807) is 0 Å². The van der Waals surface area contributed by atoms with Crippen molar-refractivity contribution in [3.63, 3.8) is 0 Å². The highest BCUT2D eigenvalue weighted by Gasteiger charge is 2.23. The Labute approximate surface area is 88.1 Å². The summed E-state index contributed by atoms with van der Waals surface area (Å²) in [5.41, 5.74) is 0. The van der Waals surface area contributed by atoms with Crippen molar-refractivity contribution in [2.45, 2.75) is 64.5 Å². The van der Waals surface area contributed by atoms with Crippen LogP contribution in [0.1, 0.15) is 52.4 Å². The number of hydrogen-bond donors (Lipinski definition) is 2. The summed E-state index contributed by atoms with van der Waals surface area (Å²) in [7, 11) is 0. The predicted molar refractivity (Wildman–Crippen MR) is 60.3 cm³/mol. The second kappa shape index (κ2) is 6.41. The van der Waals surface area contributed by atoms with Gasteiger partial charge in [-0.2, -0.15) is 0 Å². The predicted octanol–water partition coefficient (Wildman–Crippen LogP) is 2.32. The van der Waals surface area contributed by atoms with Crippen molar-refractivity contribution >= 4 is 0 Å². The molecule has 0 spiro atoms. The minimum atomic E-state index is -0.158. The average molecular weight is 199 g/mol. The highest BCUT2D eigenvalue weighted by molar-refractivity contribution is 4.80. The van der Waals surface area contributed by atoms with Crippen LogP contribution in [0.15, 0.2) is 0 Å². The lowest BCUT2D eigenvalue weighted by molar-refractivity contribution is 0.149. The van der Waals surface area contributed by atoms with Crippen LogP contribution in [0.25, 0.3) is 0 Å². The fourth-order valence-electron chi connectivity index (χ4n) is 2.40. The molecule has 1 saturated carbocycles. The highest BCUT2D eigenvalue weighted by atomic mass is 16.3. The Bertz CT molecular complexity index is 149. The summed E-state index contributed by atoms with van der Waals surface area (Å²) >= 11 is 0. The van der Waals surface area contributed by atoms with Crippen LogP contribution in [0.4, 0.5) is 0 Å². The molecule has 14 heavy (non-hydrogen) atoms. The number of aliphatic hydroxyl groups excluding tert-OH is 1. The van der Waals surface area contributed by atoms with Crippen LogP contribution in [0.2, 0.25) is 0 Å². The monoisotopic (exact) mass is 199 g/mol. The van der Waals surface area contributed by atoms with Gasteiger partial charge in [-0.05, 0) is 25.2 Å². The molecule has 0 aromatic carbocycles. The Balaban J connectivity index is 2.26. The summed E-state index contributed by atoms with van der Waals surface area (Å²) in [6.45, 7) is 5.09. The smallest absolute Gasteiger partial charge is 0.0662 e. The first kappa shape index (κ1) is 12.0. The van der Waals surface area contributed by atoms with E-state index in [1.807, 2.05) is 6.92 Å². The van der Waals surface area contributed by atoms with Crippen molar-refractivity contribution in [1.82, 2.24) is 5.32 Å². The molecule has 2 N–H and O–H groups in total. The highest BCUT2D eigenvalue weighted by Crippen LogP contribution is 2.26. The summed E-state index contributed by atoms with van der Waals surface area (Å²) < 4.78 is 0. The minimum absolute atomic E-state index is 0.158. The van der Waals surface area contributed by atoms with E-state index in [1.165, 1.54) is 32.1 Å². The molecule has 0 aromatic heterocycles. The molecule has 3 unspecified atom stereocenters. The fraction of sp³-hybridized carbons (Fsp3) is 1.00. The number of aliphatic hydroxyl groups is 1. The van der Waals surface area contributed by atoms with Crippen LogP contribution < -0.4 is 5.32 Å². The van der Waals surface area contributed by atoms with E-state index in [0.717, 1.165) is 18.9 Å². The SMILES string of the molecule is CCC(O)CNC1CCCCC1CC. The summed E-state index contributed by atoms with van der Waals surface area (Å²) in [4.78, 5) is 0. The van der Waals surface area contributed by atoms with E-state index >= 15 is 0 Å². The molecule has 1 aliphatic carbocycles. The maximum absolute atomic E-state index is 9.49. The van der Waals surface area contributed by atoms with E-state index < -0.39 is 0 Å². The number of rotatable bonds is 5. The zero-order chi connectivity index (χ0) is 10.4. The van der Waals surface area contributed by atoms with Gasteiger partial charge in [-0.3, -0.25) is 0 Å². The molecule has 1 rings (SSSR count). The summed E-state index contributed by atoms with van der Waals surface area (Å²) in [6, 6.07) is 0.662. The number of hydrogen-bond acceptors (Lipinski definition) is 2. The van der Waals surface area contributed by atoms with Gasteiger partial charge in [0.1, 0.15) is 0 Å². The second-order valence-electron chi connectivity index (χ2n) is 4.53. The van der Waals surface area contributed by atoms with E-state index in [-0.39, 0.29) is 6.10 Å². The lowest BCUT2D eigenvalue weighted by Gasteiger charge is -2.32. The first-order valence-electron chi connectivity index (χ1n) is 6.19. The molecule has 0 aliphatic heterocycles. The third-order valence-electron chi connectivity index (χ3n) is 3.52. The van der Waals surface area contributed by atoms with Gasteiger partial charge in [-0.1, -0.05) is 33.1 Å². The van der Waals surface area contributed by atoms with Gasteiger partial charge in [0, 0.05) is 12.6 Å². The second-order valence-corrected chi connectivity index (χ2v) is 4.53. The Kier molecular flexibility index (Phi) is 5.49. The molecule has 0 aromatic rings. The molecule has 1 aliphatic rings. The van der Waals surface area contributed by atoms with Gasteiger partial charge in [0.25, 0.3) is 0 Å². The van der Waals surface area contributed by atoms with Crippen molar-refractivity contribution in [2.24, 2.45) is 5.92 Å². The largest absolute Gasteiger partial charge is 0.392 e.